The molecule has 1 unspecified atom stereocenters. The average Bonchev–Trinajstić information content (AvgIpc) is 2.38. The third-order valence-corrected chi connectivity index (χ3v) is 4.81. The lowest BCUT2D eigenvalue weighted by Gasteiger charge is -2.25. The molecular formula is C13H15ClN2O4S. The Morgan fingerprint density at radius 2 is 2.14 bits per heavy atom. The molecule has 0 bridgehead atoms. The first kappa shape index (κ1) is 17.4. The molecule has 0 aromatic heterocycles. The molecule has 0 spiro atoms. The summed E-state index contributed by atoms with van der Waals surface area (Å²) >= 11 is 5.76. The largest absolute Gasteiger partial charge is 0.480 e. The van der Waals surface area contributed by atoms with Crippen LogP contribution >= 0.6 is 11.6 Å². The molecule has 0 aliphatic rings. The normalized spacial score (nSPS) is 14.2. The highest BCUT2D eigenvalue weighted by Crippen LogP contribution is 2.23. The van der Waals surface area contributed by atoms with Gasteiger partial charge in [0.15, 0.2) is 0 Å². The number of benzene rings is 1. The minimum absolute atomic E-state index is 0.101. The molecule has 0 amide bonds. The summed E-state index contributed by atoms with van der Waals surface area (Å²) in [6, 6.07) is 5.54. The fraction of sp³-hybridized carbons (Fsp3) is 0.385. The summed E-state index contributed by atoms with van der Waals surface area (Å²) in [5, 5.41) is 18.4. The van der Waals surface area contributed by atoms with Gasteiger partial charge in [-0.3, -0.25) is 4.79 Å². The molecular weight excluding hydrogens is 316 g/mol. The van der Waals surface area contributed by atoms with E-state index >= 15 is 0 Å². The second kappa shape index (κ2) is 6.43. The number of hydrogen-bond donors (Lipinski definition) is 2. The summed E-state index contributed by atoms with van der Waals surface area (Å²) < 4.78 is 26.9. The van der Waals surface area contributed by atoms with Crippen molar-refractivity contribution in [2.24, 2.45) is 0 Å². The number of carboxylic acid groups (broad SMARTS) is 1. The Balaban J connectivity index is 3.33. The van der Waals surface area contributed by atoms with Gasteiger partial charge in [0.05, 0.1) is 5.56 Å². The van der Waals surface area contributed by atoms with E-state index in [1.165, 1.54) is 19.1 Å². The maximum atomic E-state index is 12.4. The van der Waals surface area contributed by atoms with Crippen LogP contribution in [0.3, 0.4) is 0 Å². The van der Waals surface area contributed by atoms with E-state index in [-0.39, 0.29) is 21.9 Å². The molecule has 21 heavy (non-hydrogen) atoms. The van der Waals surface area contributed by atoms with Crippen LogP contribution in [0.1, 0.15) is 32.3 Å². The van der Waals surface area contributed by atoms with E-state index in [0.29, 0.717) is 6.42 Å². The molecule has 6 nitrogen and oxygen atoms in total. The zero-order valence-corrected chi connectivity index (χ0v) is 13.1. The van der Waals surface area contributed by atoms with Gasteiger partial charge in [-0.2, -0.15) is 9.98 Å². The van der Waals surface area contributed by atoms with Crippen LogP contribution in [0, 0.1) is 11.3 Å². The van der Waals surface area contributed by atoms with Gasteiger partial charge in [-0.15, -0.1) is 0 Å². The van der Waals surface area contributed by atoms with Crippen LogP contribution in [0.25, 0.3) is 0 Å². The van der Waals surface area contributed by atoms with Gasteiger partial charge in [0, 0.05) is 5.02 Å². The number of nitriles is 1. The Bertz CT molecular complexity index is 697. The quantitative estimate of drug-likeness (QED) is 0.830. The van der Waals surface area contributed by atoms with Crippen LogP contribution in [0.2, 0.25) is 5.02 Å². The zero-order chi connectivity index (χ0) is 16.3. The maximum Gasteiger partial charge on any atom is 0.324 e. The van der Waals surface area contributed by atoms with Gasteiger partial charge >= 0.3 is 5.97 Å². The number of aliphatic carboxylic acids is 1. The van der Waals surface area contributed by atoms with Crippen molar-refractivity contribution in [3.63, 3.8) is 0 Å². The Kier molecular flexibility index (Phi) is 5.34. The Hall–Kier alpha value is -1.62. The molecule has 1 rings (SSSR count). The number of sulfonamides is 1. The first-order chi connectivity index (χ1) is 9.66. The van der Waals surface area contributed by atoms with Crippen LogP contribution in [0.15, 0.2) is 23.1 Å². The molecule has 0 saturated heterocycles. The molecule has 0 aliphatic heterocycles. The van der Waals surface area contributed by atoms with Gasteiger partial charge in [-0.25, -0.2) is 8.42 Å². The lowest BCUT2D eigenvalue weighted by atomic mass is 9.98. The van der Waals surface area contributed by atoms with Crippen molar-refractivity contribution in [1.82, 2.24) is 4.72 Å². The van der Waals surface area contributed by atoms with Crippen LogP contribution in [0.5, 0.6) is 0 Å². The standard InChI is InChI=1S/C13H15ClN2O4S/c1-3-6-13(2,12(17)18)16-21(19,20)11-7-10(14)5-4-9(11)8-15/h4-5,7,16H,3,6H2,1-2H3,(H,17,18). The van der Waals surface area contributed by atoms with Crippen molar-refractivity contribution in [1.29, 1.82) is 5.26 Å². The Morgan fingerprint density at radius 1 is 1.52 bits per heavy atom. The van der Waals surface area contributed by atoms with Crippen LogP contribution in [-0.2, 0) is 14.8 Å². The minimum atomic E-state index is -4.19. The number of carbonyl (C=O) groups is 1. The van der Waals surface area contributed by atoms with Gasteiger partial charge < -0.3 is 5.11 Å². The number of nitrogens with one attached hydrogen (secondary N) is 1. The molecule has 8 heteroatoms. The van der Waals surface area contributed by atoms with Gasteiger partial charge in [-0.1, -0.05) is 24.9 Å². The summed E-state index contributed by atoms with van der Waals surface area (Å²) in [7, 11) is -4.19. The highest BCUT2D eigenvalue weighted by atomic mass is 35.5. The van der Waals surface area contributed by atoms with E-state index in [0.717, 1.165) is 6.07 Å². The molecule has 0 radical (unpaired) electrons. The number of rotatable bonds is 6. The third-order valence-electron chi connectivity index (χ3n) is 2.94. The minimum Gasteiger partial charge on any atom is -0.480 e. The number of hydrogen-bond acceptors (Lipinski definition) is 4. The van der Waals surface area contributed by atoms with Crippen LogP contribution in [0.4, 0.5) is 0 Å². The SMILES string of the molecule is CCCC(C)(NS(=O)(=O)c1cc(Cl)ccc1C#N)C(=O)O. The summed E-state index contributed by atoms with van der Waals surface area (Å²) in [4.78, 5) is 11.0. The zero-order valence-electron chi connectivity index (χ0n) is 11.6. The predicted molar refractivity (Wildman–Crippen MR) is 77.4 cm³/mol. The van der Waals surface area contributed by atoms with Crippen molar-refractivity contribution in [2.75, 3.05) is 0 Å². The number of halogens is 1. The second-order valence-corrected chi connectivity index (χ2v) is 6.83. The van der Waals surface area contributed by atoms with E-state index in [9.17, 15) is 18.3 Å². The monoisotopic (exact) mass is 330 g/mol. The van der Waals surface area contributed by atoms with E-state index in [4.69, 9.17) is 16.9 Å². The lowest BCUT2D eigenvalue weighted by Crippen LogP contribution is -2.52. The van der Waals surface area contributed by atoms with E-state index < -0.39 is 21.5 Å². The van der Waals surface area contributed by atoms with Crippen molar-refractivity contribution < 1.29 is 18.3 Å². The number of nitrogens with zero attached hydrogens (tertiary/aromatic N) is 1. The topological polar surface area (TPSA) is 107 Å². The van der Waals surface area contributed by atoms with E-state index in [2.05, 4.69) is 4.72 Å². The third kappa shape index (κ3) is 3.94. The molecule has 2 N–H and O–H groups in total. The van der Waals surface area contributed by atoms with Gasteiger partial charge in [0.2, 0.25) is 10.0 Å². The van der Waals surface area contributed by atoms with Crippen LogP contribution in [-0.4, -0.2) is 25.0 Å². The molecule has 1 atom stereocenters. The maximum absolute atomic E-state index is 12.4. The van der Waals surface area contributed by atoms with Crippen molar-refractivity contribution >= 4 is 27.6 Å². The summed E-state index contributed by atoms with van der Waals surface area (Å²) in [5.74, 6) is -1.28. The smallest absolute Gasteiger partial charge is 0.324 e. The second-order valence-electron chi connectivity index (χ2n) is 4.75. The van der Waals surface area contributed by atoms with Crippen molar-refractivity contribution in [3.05, 3.63) is 28.8 Å². The lowest BCUT2D eigenvalue weighted by molar-refractivity contribution is -0.143. The van der Waals surface area contributed by atoms with E-state index in [1.54, 1.807) is 13.0 Å². The van der Waals surface area contributed by atoms with E-state index in [1.807, 2.05) is 0 Å². The molecule has 0 heterocycles. The molecule has 0 fully saturated rings. The highest BCUT2D eigenvalue weighted by Gasteiger charge is 2.37. The molecule has 114 valence electrons. The Labute approximate surface area is 128 Å². The molecule has 0 aliphatic carbocycles. The molecule has 0 saturated carbocycles. The number of carboxylic acids is 1. The highest BCUT2D eigenvalue weighted by molar-refractivity contribution is 7.89. The summed E-state index contributed by atoms with van der Waals surface area (Å²) in [6.07, 6.45) is 0.593. The average molecular weight is 331 g/mol. The predicted octanol–water partition coefficient (Wildman–Crippen LogP) is 2.13. The van der Waals surface area contributed by atoms with Gasteiger partial charge in [-0.05, 0) is 31.5 Å². The first-order valence-electron chi connectivity index (χ1n) is 6.13. The fourth-order valence-corrected chi connectivity index (χ4v) is 3.68. The summed E-state index contributed by atoms with van der Waals surface area (Å²) in [5.41, 5.74) is -1.75. The van der Waals surface area contributed by atoms with Crippen molar-refractivity contribution in [3.8, 4) is 6.07 Å². The molecule has 1 aromatic carbocycles. The van der Waals surface area contributed by atoms with Crippen LogP contribution < -0.4 is 4.72 Å². The fourth-order valence-electron chi connectivity index (χ4n) is 1.86. The van der Waals surface area contributed by atoms with Gasteiger partial charge in [0.1, 0.15) is 16.5 Å². The summed E-state index contributed by atoms with van der Waals surface area (Å²) in [6.45, 7) is 3.03. The Morgan fingerprint density at radius 3 is 2.62 bits per heavy atom. The molecule has 1 aromatic rings. The first-order valence-corrected chi connectivity index (χ1v) is 7.99. The van der Waals surface area contributed by atoms with Crippen molar-refractivity contribution in [2.45, 2.75) is 37.1 Å². The van der Waals surface area contributed by atoms with Gasteiger partial charge in [0.25, 0.3) is 0 Å².